The van der Waals surface area contributed by atoms with Crippen molar-refractivity contribution in [3.05, 3.63) is 64.7 Å². The molecule has 0 unspecified atom stereocenters. The van der Waals surface area contributed by atoms with Gasteiger partial charge in [0.1, 0.15) is 0 Å². The normalized spacial score (nSPS) is 11.0. The SMILES string of the molecule is O=C(NCCc1ccc(Cl)cc1)C(=O)Nc1ccccc1C(F)(F)F. The van der Waals surface area contributed by atoms with E-state index in [9.17, 15) is 22.8 Å². The van der Waals surface area contributed by atoms with Gasteiger partial charge in [0.05, 0.1) is 11.3 Å². The van der Waals surface area contributed by atoms with Crippen molar-refractivity contribution in [2.75, 3.05) is 11.9 Å². The van der Waals surface area contributed by atoms with Gasteiger partial charge in [0.25, 0.3) is 0 Å². The lowest BCUT2D eigenvalue weighted by Crippen LogP contribution is -2.36. The van der Waals surface area contributed by atoms with Gasteiger partial charge in [0.2, 0.25) is 0 Å². The molecule has 0 spiro atoms. The van der Waals surface area contributed by atoms with E-state index in [1.165, 1.54) is 12.1 Å². The van der Waals surface area contributed by atoms with E-state index >= 15 is 0 Å². The molecule has 8 heteroatoms. The first-order valence-electron chi connectivity index (χ1n) is 7.27. The lowest BCUT2D eigenvalue weighted by Gasteiger charge is -2.13. The summed E-state index contributed by atoms with van der Waals surface area (Å²) < 4.78 is 38.6. The zero-order valence-corrected chi connectivity index (χ0v) is 13.6. The lowest BCUT2D eigenvalue weighted by atomic mass is 10.1. The maximum absolute atomic E-state index is 12.9. The summed E-state index contributed by atoms with van der Waals surface area (Å²) in [4.78, 5) is 23.5. The van der Waals surface area contributed by atoms with Gasteiger partial charge < -0.3 is 10.6 Å². The summed E-state index contributed by atoms with van der Waals surface area (Å²) in [5.41, 5.74) is -0.585. The number of benzene rings is 2. The van der Waals surface area contributed by atoms with Crippen molar-refractivity contribution < 1.29 is 22.8 Å². The highest BCUT2D eigenvalue weighted by molar-refractivity contribution is 6.39. The standard InChI is InChI=1S/C17H14ClF3N2O2/c18-12-7-5-11(6-8-12)9-10-22-15(24)16(25)23-14-4-2-1-3-13(14)17(19,20)21/h1-8H,9-10H2,(H,22,24)(H,23,25). The number of halogens is 4. The molecule has 2 N–H and O–H groups in total. The smallest absolute Gasteiger partial charge is 0.347 e. The van der Waals surface area contributed by atoms with E-state index in [2.05, 4.69) is 5.32 Å². The van der Waals surface area contributed by atoms with Gasteiger partial charge in [-0.15, -0.1) is 0 Å². The first-order chi connectivity index (χ1) is 11.8. The molecule has 25 heavy (non-hydrogen) atoms. The minimum atomic E-state index is -4.63. The molecule has 0 radical (unpaired) electrons. The monoisotopic (exact) mass is 370 g/mol. The number of hydrogen-bond donors (Lipinski definition) is 2. The predicted octanol–water partition coefficient (Wildman–Crippen LogP) is 3.66. The van der Waals surface area contributed by atoms with Crippen molar-refractivity contribution in [1.29, 1.82) is 0 Å². The molecular formula is C17H14ClF3N2O2. The predicted molar refractivity (Wildman–Crippen MR) is 88.2 cm³/mol. The Balaban J connectivity index is 1.91. The molecule has 0 aliphatic heterocycles. The zero-order chi connectivity index (χ0) is 18.4. The van der Waals surface area contributed by atoms with Crippen LogP contribution < -0.4 is 10.6 Å². The van der Waals surface area contributed by atoms with E-state index in [1.54, 1.807) is 24.3 Å². The first kappa shape index (κ1) is 18.8. The fourth-order valence-corrected chi connectivity index (χ4v) is 2.20. The van der Waals surface area contributed by atoms with Gasteiger partial charge in [-0.1, -0.05) is 35.9 Å². The number of anilines is 1. The summed E-state index contributed by atoms with van der Waals surface area (Å²) in [6.45, 7) is 0.162. The average molecular weight is 371 g/mol. The molecule has 2 aromatic carbocycles. The summed E-state index contributed by atoms with van der Waals surface area (Å²) in [5.74, 6) is -2.17. The van der Waals surface area contributed by atoms with Crippen molar-refractivity contribution >= 4 is 29.1 Å². The highest BCUT2D eigenvalue weighted by atomic mass is 35.5. The Labute approximate surface area is 147 Å². The number of carbonyl (C=O) groups is 2. The Kier molecular flexibility index (Phi) is 6.03. The van der Waals surface area contributed by atoms with E-state index in [4.69, 9.17) is 11.6 Å². The van der Waals surface area contributed by atoms with Crippen LogP contribution in [0.15, 0.2) is 48.5 Å². The highest BCUT2D eigenvalue weighted by Crippen LogP contribution is 2.34. The van der Waals surface area contributed by atoms with Crippen LogP contribution in [0.25, 0.3) is 0 Å². The summed E-state index contributed by atoms with van der Waals surface area (Å²) >= 11 is 5.76. The number of hydrogen-bond acceptors (Lipinski definition) is 2. The maximum atomic E-state index is 12.9. The maximum Gasteiger partial charge on any atom is 0.418 e. The Morgan fingerprint density at radius 2 is 1.60 bits per heavy atom. The van der Waals surface area contributed by atoms with Crippen LogP contribution in [0.2, 0.25) is 5.02 Å². The van der Waals surface area contributed by atoms with E-state index in [0.717, 1.165) is 17.7 Å². The molecule has 0 saturated carbocycles. The van der Waals surface area contributed by atoms with Crippen molar-refractivity contribution in [3.63, 3.8) is 0 Å². The second-order valence-corrected chi connectivity index (χ2v) is 5.57. The highest BCUT2D eigenvalue weighted by Gasteiger charge is 2.33. The topological polar surface area (TPSA) is 58.2 Å². The molecule has 0 aromatic heterocycles. The van der Waals surface area contributed by atoms with Crippen LogP contribution in [0.3, 0.4) is 0 Å². The lowest BCUT2D eigenvalue weighted by molar-refractivity contribution is -0.138. The molecule has 0 bridgehead atoms. The van der Waals surface area contributed by atoms with Crippen molar-refractivity contribution in [2.45, 2.75) is 12.6 Å². The van der Waals surface area contributed by atoms with Gasteiger partial charge in [0, 0.05) is 11.6 Å². The molecule has 4 nitrogen and oxygen atoms in total. The van der Waals surface area contributed by atoms with Crippen LogP contribution >= 0.6 is 11.6 Å². The largest absolute Gasteiger partial charge is 0.418 e. The quantitative estimate of drug-likeness (QED) is 0.807. The van der Waals surface area contributed by atoms with Crippen LogP contribution in [-0.4, -0.2) is 18.4 Å². The molecule has 2 rings (SSSR count). The first-order valence-corrected chi connectivity index (χ1v) is 7.65. The Morgan fingerprint density at radius 1 is 0.960 bits per heavy atom. The van der Waals surface area contributed by atoms with Gasteiger partial charge in [-0.3, -0.25) is 9.59 Å². The van der Waals surface area contributed by atoms with Gasteiger partial charge in [-0.05, 0) is 36.2 Å². The molecule has 0 atom stereocenters. The molecule has 0 fully saturated rings. The van der Waals surface area contributed by atoms with Gasteiger partial charge in [-0.25, -0.2) is 0 Å². The zero-order valence-electron chi connectivity index (χ0n) is 12.9. The molecular weight excluding hydrogens is 357 g/mol. The summed E-state index contributed by atoms with van der Waals surface area (Å²) in [6.07, 6.45) is -4.18. The Bertz CT molecular complexity index is 761. The minimum Gasteiger partial charge on any atom is -0.347 e. The molecule has 0 aliphatic rings. The second-order valence-electron chi connectivity index (χ2n) is 5.13. The van der Waals surface area contributed by atoms with Crippen LogP contribution in [0.1, 0.15) is 11.1 Å². The molecule has 2 aromatic rings. The van der Waals surface area contributed by atoms with Crippen molar-refractivity contribution in [1.82, 2.24) is 5.32 Å². The molecule has 0 heterocycles. The third kappa shape index (κ3) is 5.49. The third-order valence-electron chi connectivity index (χ3n) is 3.30. The van der Waals surface area contributed by atoms with Crippen LogP contribution in [0, 0.1) is 0 Å². The summed E-state index contributed by atoms with van der Waals surface area (Å²) in [5, 5.41) is 4.92. The average Bonchev–Trinajstić information content (AvgIpc) is 2.56. The van der Waals surface area contributed by atoms with Gasteiger partial charge in [0.15, 0.2) is 0 Å². The van der Waals surface area contributed by atoms with Crippen LogP contribution in [0.4, 0.5) is 18.9 Å². The molecule has 0 saturated heterocycles. The number of amides is 2. The van der Waals surface area contributed by atoms with Crippen LogP contribution in [-0.2, 0) is 22.2 Å². The fourth-order valence-electron chi connectivity index (χ4n) is 2.07. The minimum absolute atomic E-state index is 0.162. The summed E-state index contributed by atoms with van der Waals surface area (Å²) in [6, 6.07) is 11.4. The van der Waals surface area contributed by atoms with Gasteiger partial charge in [-0.2, -0.15) is 13.2 Å². The van der Waals surface area contributed by atoms with E-state index < -0.39 is 29.2 Å². The number of alkyl halides is 3. The fraction of sp³-hybridized carbons (Fsp3) is 0.176. The second kappa shape index (κ2) is 8.02. The number of rotatable bonds is 4. The van der Waals surface area contributed by atoms with Gasteiger partial charge >= 0.3 is 18.0 Å². The third-order valence-corrected chi connectivity index (χ3v) is 3.55. The Hall–Kier alpha value is -2.54. The Morgan fingerprint density at radius 3 is 2.24 bits per heavy atom. The van der Waals surface area contributed by atoms with E-state index in [0.29, 0.717) is 11.4 Å². The number of carbonyl (C=O) groups excluding carboxylic acids is 2. The van der Waals surface area contributed by atoms with Crippen molar-refractivity contribution in [2.24, 2.45) is 0 Å². The van der Waals surface area contributed by atoms with E-state index in [-0.39, 0.29) is 6.54 Å². The van der Waals surface area contributed by atoms with Crippen molar-refractivity contribution in [3.8, 4) is 0 Å². The molecule has 0 aliphatic carbocycles. The number of nitrogens with one attached hydrogen (secondary N) is 2. The number of para-hydroxylation sites is 1. The molecule has 132 valence electrons. The van der Waals surface area contributed by atoms with Crippen LogP contribution in [0.5, 0.6) is 0 Å². The molecule has 2 amide bonds. The summed E-state index contributed by atoms with van der Waals surface area (Å²) in [7, 11) is 0. The van der Waals surface area contributed by atoms with E-state index in [1.807, 2.05) is 5.32 Å².